The number of aromatic nitrogens is 3. The largest absolute Gasteiger partial charge is 0.384 e. The smallest absolute Gasteiger partial charge is 0.353 e. The van der Waals surface area contributed by atoms with Gasteiger partial charge in [0.25, 0.3) is 0 Å². The number of carbonyl (C=O) groups is 1. The Morgan fingerprint density at radius 2 is 2.00 bits per heavy atom. The Kier molecular flexibility index (Phi) is 7.04. The molecule has 0 radical (unpaired) electrons. The van der Waals surface area contributed by atoms with Gasteiger partial charge < -0.3 is 21.3 Å². The Hall–Kier alpha value is -3.25. The molecule has 0 saturated carbocycles. The highest BCUT2D eigenvalue weighted by atomic mass is 79.9. The maximum absolute atomic E-state index is 13.5. The summed E-state index contributed by atoms with van der Waals surface area (Å²) in [6.07, 6.45) is 8.01. The van der Waals surface area contributed by atoms with Crippen LogP contribution in [-0.4, -0.2) is 44.5 Å². The van der Waals surface area contributed by atoms with E-state index < -0.39 is 15.8 Å². The number of pyridine rings is 1. The third-order valence-electron chi connectivity index (χ3n) is 4.77. The molecule has 1 aromatic carbocycles. The van der Waals surface area contributed by atoms with Crippen molar-refractivity contribution in [1.82, 2.24) is 15.0 Å². The van der Waals surface area contributed by atoms with Crippen LogP contribution in [0.3, 0.4) is 0 Å². The zero-order valence-corrected chi connectivity index (χ0v) is 20.2. The van der Waals surface area contributed by atoms with Crippen LogP contribution in [0.25, 0.3) is 0 Å². The minimum atomic E-state index is -3.04. The maximum Gasteiger partial charge on any atom is 0.353 e. The Bertz CT molecular complexity index is 1280. The first-order chi connectivity index (χ1) is 15.9. The first-order valence-electron chi connectivity index (χ1n) is 10.3. The SMILES string of the molecule is CS(=O)(=NC(=O)Nc1cccnc1)c1ccc2cc1NCCCCNc1nc(ncc1Br)N2. The molecule has 0 saturated heterocycles. The van der Waals surface area contributed by atoms with E-state index >= 15 is 0 Å². The van der Waals surface area contributed by atoms with Crippen molar-refractivity contribution in [2.45, 2.75) is 17.7 Å². The molecular formula is C21H23BrN8O2S. The number of carbonyl (C=O) groups excluding carboxylic acids is 1. The fourth-order valence-electron chi connectivity index (χ4n) is 3.23. The molecule has 2 aromatic heterocycles. The number of amides is 2. The summed E-state index contributed by atoms with van der Waals surface area (Å²) >= 11 is 3.46. The molecular weight excluding hydrogens is 508 g/mol. The first kappa shape index (κ1) is 22.9. The highest BCUT2D eigenvalue weighted by Gasteiger charge is 2.16. The van der Waals surface area contributed by atoms with E-state index in [2.05, 4.69) is 56.5 Å². The van der Waals surface area contributed by atoms with Gasteiger partial charge in [0.2, 0.25) is 5.95 Å². The number of anilines is 5. The van der Waals surface area contributed by atoms with Crippen LogP contribution >= 0.6 is 15.9 Å². The van der Waals surface area contributed by atoms with Crippen LogP contribution in [-0.2, 0) is 9.73 Å². The van der Waals surface area contributed by atoms with Gasteiger partial charge in [0.1, 0.15) is 5.82 Å². The first-order valence-corrected chi connectivity index (χ1v) is 13.0. The molecule has 0 aliphatic carbocycles. The molecule has 1 aliphatic heterocycles. The number of benzene rings is 1. The number of fused-ring (bicyclic) bond motifs is 4. The van der Waals surface area contributed by atoms with Crippen molar-refractivity contribution in [1.29, 1.82) is 0 Å². The van der Waals surface area contributed by atoms with Gasteiger partial charge in [-0.15, -0.1) is 4.36 Å². The molecule has 33 heavy (non-hydrogen) atoms. The number of hydrogen-bond acceptors (Lipinski definition) is 8. The fourth-order valence-corrected chi connectivity index (χ4v) is 4.88. The van der Waals surface area contributed by atoms with E-state index in [1.54, 1.807) is 36.7 Å². The molecule has 0 spiro atoms. The molecule has 4 rings (SSSR count). The second-order valence-corrected chi connectivity index (χ2v) is 10.4. The topological polar surface area (TPSA) is 133 Å². The summed E-state index contributed by atoms with van der Waals surface area (Å²) in [5.41, 5.74) is 1.83. The molecule has 0 fully saturated rings. The van der Waals surface area contributed by atoms with Crippen molar-refractivity contribution >= 4 is 60.5 Å². The quantitative estimate of drug-likeness (QED) is 0.375. The highest BCUT2D eigenvalue weighted by Crippen LogP contribution is 2.29. The lowest BCUT2D eigenvalue weighted by Gasteiger charge is -2.15. The third-order valence-corrected chi connectivity index (χ3v) is 7.04. The van der Waals surface area contributed by atoms with Crippen molar-refractivity contribution in [3.8, 4) is 0 Å². The summed E-state index contributed by atoms with van der Waals surface area (Å²) < 4.78 is 18.2. The average Bonchev–Trinajstić information content (AvgIpc) is 2.78. The summed E-state index contributed by atoms with van der Waals surface area (Å²) in [5, 5.41) is 12.4. The van der Waals surface area contributed by atoms with E-state index in [4.69, 9.17) is 0 Å². The number of urea groups is 1. The van der Waals surface area contributed by atoms with Crippen LogP contribution in [0.1, 0.15) is 12.8 Å². The summed E-state index contributed by atoms with van der Waals surface area (Å²) in [6.45, 7) is 1.41. The molecule has 1 unspecified atom stereocenters. The molecule has 3 heterocycles. The van der Waals surface area contributed by atoms with Gasteiger partial charge in [-0.25, -0.2) is 14.0 Å². The van der Waals surface area contributed by atoms with E-state index in [-0.39, 0.29) is 0 Å². The summed E-state index contributed by atoms with van der Waals surface area (Å²) in [5.74, 6) is 1.14. The molecule has 10 nitrogen and oxygen atoms in total. The van der Waals surface area contributed by atoms with Crippen LogP contribution in [0, 0.1) is 0 Å². The van der Waals surface area contributed by atoms with Crippen LogP contribution in [0.5, 0.6) is 0 Å². The van der Waals surface area contributed by atoms with E-state index in [0.29, 0.717) is 40.3 Å². The standard InChI is InChI=1S/C21H23BrN8O2S/c1-33(32,30-21(31)28-15-5-4-8-23-12-15)18-7-6-14-11-17(18)24-9-2-3-10-25-19-16(22)13-26-20(27-14)29-19/h4-8,11-13,24H,2-3,9-10H2,1H3,(H,28,31)(H2,25,26,27,29). The lowest BCUT2D eigenvalue weighted by Crippen LogP contribution is -2.13. The van der Waals surface area contributed by atoms with Crippen LogP contribution in [0.15, 0.2) is 62.7 Å². The van der Waals surface area contributed by atoms with E-state index in [9.17, 15) is 9.00 Å². The van der Waals surface area contributed by atoms with E-state index in [0.717, 1.165) is 23.9 Å². The lowest BCUT2D eigenvalue weighted by atomic mass is 10.2. The molecule has 4 N–H and O–H groups in total. The zero-order chi connectivity index (χ0) is 23.3. The lowest BCUT2D eigenvalue weighted by molar-refractivity contribution is 0.260. The second-order valence-electron chi connectivity index (χ2n) is 7.35. The number of nitrogens with zero attached hydrogens (tertiary/aromatic N) is 4. The predicted molar refractivity (Wildman–Crippen MR) is 134 cm³/mol. The predicted octanol–water partition coefficient (Wildman–Crippen LogP) is 4.68. The fraction of sp³-hybridized carbons (Fsp3) is 0.238. The van der Waals surface area contributed by atoms with Gasteiger partial charge in [0, 0.05) is 37.4 Å². The second kappa shape index (κ2) is 10.1. The van der Waals surface area contributed by atoms with Crippen molar-refractivity contribution in [2.75, 3.05) is 40.6 Å². The number of halogens is 1. The van der Waals surface area contributed by atoms with E-state index in [1.807, 2.05) is 6.07 Å². The van der Waals surface area contributed by atoms with Crippen molar-refractivity contribution in [2.24, 2.45) is 4.36 Å². The Labute approximate surface area is 200 Å². The molecule has 2 amide bonds. The molecule has 1 atom stereocenters. The van der Waals surface area contributed by atoms with E-state index in [1.165, 1.54) is 12.5 Å². The summed E-state index contributed by atoms with van der Waals surface area (Å²) in [4.78, 5) is 25.6. The van der Waals surface area contributed by atoms with Gasteiger partial charge in [-0.1, -0.05) is 0 Å². The highest BCUT2D eigenvalue weighted by molar-refractivity contribution is 9.10. The van der Waals surface area contributed by atoms with Gasteiger partial charge in [-0.2, -0.15) is 4.98 Å². The average molecular weight is 531 g/mol. The number of nitrogens with one attached hydrogen (secondary N) is 4. The molecule has 3 aromatic rings. The minimum absolute atomic E-state index is 0.427. The molecule has 1 aliphatic rings. The van der Waals surface area contributed by atoms with Gasteiger partial charge in [-0.3, -0.25) is 4.98 Å². The maximum atomic E-state index is 13.5. The van der Waals surface area contributed by atoms with Crippen molar-refractivity contribution in [3.63, 3.8) is 0 Å². The summed E-state index contributed by atoms with van der Waals surface area (Å²) in [6, 6.07) is 7.96. The Balaban J connectivity index is 1.65. The number of hydrogen-bond donors (Lipinski definition) is 4. The Morgan fingerprint density at radius 1 is 1.18 bits per heavy atom. The monoisotopic (exact) mass is 530 g/mol. The number of rotatable bonds is 2. The third kappa shape index (κ3) is 5.96. The normalized spacial score (nSPS) is 15.1. The molecule has 172 valence electrons. The molecule has 4 bridgehead atoms. The van der Waals surface area contributed by atoms with Gasteiger partial charge >= 0.3 is 6.03 Å². The van der Waals surface area contributed by atoms with Crippen LogP contribution in [0.4, 0.5) is 33.6 Å². The van der Waals surface area contributed by atoms with Crippen molar-refractivity contribution in [3.05, 3.63) is 53.4 Å². The van der Waals surface area contributed by atoms with Crippen molar-refractivity contribution < 1.29 is 9.00 Å². The Morgan fingerprint density at radius 3 is 2.79 bits per heavy atom. The minimum Gasteiger partial charge on any atom is -0.384 e. The molecule has 12 heteroatoms. The van der Waals surface area contributed by atoms with Gasteiger partial charge in [-0.05, 0) is 59.1 Å². The summed E-state index contributed by atoms with van der Waals surface area (Å²) in [7, 11) is -3.04. The zero-order valence-electron chi connectivity index (χ0n) is 17.8. The van der Waals surface area contributed by atoms with Gasteiger partial charge in [0.15, 0.2) is 0 Å². The van der Waals surface area contributed by atoms with Crippen LogP contribution < -0.4 is 21.3 Å². The van der Waals surface area contributed by atoms with Crippen LogP contribution in [0.2, 0.25) is 0 Å². The van der Waals surface area contributed by atoms with Gasteiger partial charge in [0.05, 0.1) is 36.7 Å².